The van der Waals surface area contributed by atoms with Gasteiger partial charge in [0, 0.05) is 24.1 Å². The van der Waals surface area contributed by atoms with Crippen LogP contribution in [0.2, 0.25) is 0 Å². The van der Waals surface area contributed by atoms with E-state index in [1.54, 1.807) is 18.2 Å². The van der Waals surface area contributed by atoms with Crippen molar-refractivity contribution in [3.63, 3.8) is 0 Å². The molecule has 0 unspecified atom stereocenters. The molecule has 1 heterocycles. The Labute approximate surface area is 161 Å². The van der Waals surface area contributed by atoms with Crippen LogP contribution in [0.1, 0.15) is 13.3 Å². The first-order valence-electron chi connectivity index (χ1n) is 8.90. The number of fused-ring (bicyclic) bond motifs is 1. The molecule has 0 aliphatic heterocycles. The molecule has 3 rings (SSSR count). The van der Waals surface area contributed by atoms with E-state index in [1.807, 2.05) is 37.3 Å². The predicted octanol–water partition coefficient (Wildman–Crippen LogP) is 3.07. The number of carbonyl (C=O) groups is 2. The van der Waals surface area contributed by atoms with Gasteiger partial charge in [0.1, 0.15) is 11.3 Å². The van der Waals surface area contributed by atoms with Crippen molar-refractivity contribution < 1.29 is 18.7 Å². The van der Waals surface area contributed by atoms with Gasteiger partial charge < -0.3 is 14.5 Å². The lowest BCUT2D eigenvalue weighted by Gasteiger charge is -2.09. The number of carbonyl (C=O) groups excluding carboxylic acids is 2. The zero-order valence-corrected chi connectivity index (χ0v) is 15.4. The van der Waals surface area contributed by atoms with Crippen LogP contribution in [-0.2, 0) is 4.79 Å². The molecule has 0 spiro atoms. The molecule has 7 heteroatoms. The summed E-state index contributed by atoms with van der Waals surface area (Å²) in [5, 5.41) is 5.46. The van der Waals surface area contributed by atoms with E-state index in [2.05, 4.69) is 10.6 Å². The second-order valence-electron chi connectivity index (χ2n) is 6.10. The van der Waals surface area contributed by atoms with Gasteiger partial charge in [-0.3, -0.25) is 10.1 Å². The number of hydrogen-bond donors (Lipinski definition) is 2. The fourth-order valence-corrected chi connectivity index (χ4v) is 2.68. The second-order valence-corrected chi connectivity index (χ2v) is 6.10. The van der Waals surface area contributed by atoms with Crippen molar-refractivity contribution in [1.82, 2.24) is 10.6 Å². The minimum absolute atomic E-state index is 0.340. The number of nitrogens with one attached hydrogen (secondary N) is 2. The van der Waals surface area contributed by atoms with E-state index >= 15 is 0 Å². The van der Waals surface area contributed by atoms with Crippen LogP contribution >= 0.6 is 0 Å². The van der Waals surface area contributed by atoms with E-state index in [0.717, 1.165) is 22.9 Å². The van der Waals surface area contributed by atoms with Crippen molar-refractivity contribution in [2.45, 2.75) is 13.3 Å². The van der Waals surface area contributed by atoms with Crippen molar-refractivity contribution in [1.29, 1.82) is 0 Å². The Balaban J connectivity index is 1.75. The Hall–Kier alpha value is -3.61. The van der Waals surface area contributed by atoms with Gasteiger partial charge in [-0.05, 0) is 29.7 Å². The highest BCUT2D eigenvalue weighted by Gasteiger charge is 2.11. The molecule has 0 saturated heterocycles. The Morgan fingerprint density at radius 3 is 2.61 bits per heavy atom. The Morgan fingerprint density at radius 2 is 1.86 bits per heavy atom. The quantitative estimate of drug-likeness (QED) is 0.641. The molecule has 3 aromatic rings. The molecule has 1 aromatic heterocycles. The number of benzene rings is 2. The lowest BCUT2D eigenvalue weighted by atomic mass is 10.0. The van der Waals surface area contributed by atoms with Gasteiger partial charge in [0.15, 0.2) is 6.61 Å². The standard InChI is InChI=1S/C21H20N2O5/c1-2-10-22-21(26)23-19(24)13-27-15-8-9-16-17(14-6-4-3-5-7-14)12-20(25)28-18(16)11-15/h3-9,11-12H,2,10,13H2,1H3,(H2,22,23,24,26). The smallest absolute Gasteiger partial charge is 0.336 e. The lowest BCUT2D eigenvalue weighted by molar-refractivity contribution is -0.122. The average molecular weight is 380 g/mol. The average Bonchev–Trinajstić information content (AvgIpc) is 2.70. The third kappa shape index (κ3) is 4.76. The summed E-state index contributed by atoms with van der Waals surface area (Å²) in [5.74, 6) is -0.224. The van der Waals surface area contributed by atoms with Crippen molar-refractivity contribution in [2.75, 3.05) is 13.2 Å². The number of hydrogen-bond acceptors (Lipinski definition) is 5. The molecule has 28 heavy (non-hydrogen) atoms. The molecule has 0 aliphatic rings. The highest BCUT2D eigenvalue weighted by molar-refractivity contribution is 5.95. The summed E-state index contributed by atoms with van der Waals surface area (Å²) in [7, 11) is 0. The fourth-order valence-electron chi connectivity index (χ4n) is 2.68. The van der Waals surface area contributed by atoms with Crippen molar-refractivity contribution in [3.8, 4) is 16.9 Å². The predicted molar refractivity (Wildman–Crippen MR) is 105 cm³/mol. The van der Waals surface area contributed by atoms with Gasteiger partial charge in [-0.1, -0.05) is 37.3 Å². The number of imide groups is 1. The summed E-state index contributed by atoms with van der Waals surface area (Å²) in [6.07, 6.45) is 0.769. The van der Waals surface area contributed by atoms with Gasteiger partial charge in [0.2, 0.25) is 0 Å². The van der Waals surface area contributed by atoms with Crippen molar-refractivity contribution in [3.05, 3.63) is 65.0 Å². The zero-order chi connectivity index (χ0) is 19.9. The van der Waals surface area contributed by atoms with Crippen LogP contribution in [-0.4, -0.2) is 25.1 Å². The van der Waals surface area contributed by atoms with Gasteiger partial charge in [-0.2, -0.15) is 0 Å². The summed E-state index contributed by atoms with van der Waals surface area (Å²) in [6, 6.07) is 15.4. The van der Waals surface area contributed by atoms with E-state index in [4.69, 9.17) is 9.15 Å². The fraction of sp³-hybridized carbons (Fsp3) is 0.190. The van der Waals surface area contributed by atoms with Crippen LogP contribution in [0.15, 0.2) is 63.8 Å². The van der Waals surface area contributed by atoms with Crippen molar-refractivity contribution in [2.24, 2.45) is 0 Å². The van der Waals surface area contributed by atoms with E-state index < -0.39 is 17.6 Å². The molecule has 0 saturated carbocycles. The third-order valence-electron chi connectivity index (χ3n) is 3.96. The molecule has 0 atom stereocenters. The largest absolute Gasteiger partial charge is 0.484 e. The second kappa shape index (κ2) is 8.85. The first-order chi connectivity index (χ1) is 13.6. The first kappa shape index (κ1) is 19.2. The molecule has 7 nitrogen and oxygen atoms in total. The Kier molecular flexibility index (Phi) is 6.06. The zero-order valence-electron chi connectivity index (χ0n) is 15.4. The Morgan fingerprint density at radius 1 is 1.07 bits per heavy atom. The van der Waals surface area contributed by atoms with E-state index in [-0.39, 0.29) is 6.61 Å². The van der Waals surface area contributed by atoms with Gasteiger partial charge in [0.25, 0.3) is 5.91 Å². The first-order valence-corrected chi connectivity index (χ1v) is 8.90. The summed E-state index contributed by atoms with van der Waals surface area (Å²) in [6.45, 7) is 2.05. The van der Waals surface area contributed by atoms with Crippen LogP contribution in [0.5, 0.6) is 5.75 Å². The summed E-state index contributed by atoms with van der Waals surface area (Å²) in [4.78, 5) is 35.2. The molecule has 0 aliphatic carbocycles. The van der Waals surface area contributed by atoms with Crippen LogP contribution in [0.25, 0.3) is 22.1 Å². The highest BCUT2D eigenvalue weighted by Crippen LogP contribution is 2.29. The van der Waals surface area contributed by atoms with Gasteiger partial charge in [0.05, 0.1) is 0 Å². The summed E-state index contributed by atoms with van der Waals surface area (Å²) < 4.78 is 10.7. The number of ether oxygens (including phenoxy) is 1. The number of urea groups is 1. The van der Waals surface area contributed by atoms with Gasteiger partial charge >= 0.3 is 11.7 Å². The molecule has 2 aromatic carbocycles. The minimum atomic E-state index is -0.576. The highest BCUT2D eigenvalue weighted by atomic mass is 16.5. The molecule has 144 valence electrons. The third-order valence-corrected chi connectivity index (χ3v) is 3.96. The molecule has 0 bridgehead atoms. The van der Waals surface area contributed by atoms with Crippen LogP contribution in [0.4, 0.5) is 4.79 Å². The maximum Gasteiger partial charge on any atom is 0.336 e. The lowest BCUT2D eigenvalue weighted by Crippen LogP contribution is -2.41. The molecule has 0 radical (unpaired) electrons. The Bertz CT molecular complexity index is 1040. The maximum atomic E-state index is 11.9. The summed E-state index contributed by atoms with van der Waals surface area (Å²) >= 11 is 0. The molecule has 3 amide bonds. The van der Waals surface area contributed by atoms with Crippen LogP contribution < -0.4 is 21.0 Å². The number of rotatable bonds is 6. The maximum absolute atomic E-state index is 11.9. The van der Waals surface area contributed by atoms with E-state index in [0.29, 0.717) is 17.9 Å². The van der Waals surface area contributed by atoms with Crippen LogP contribution in [0, 0.1) is 0 Å². The van der Waals surface area contributed by atoms with Gasteiger partial charge in [-0.15, -0.1) is 0 Å². The van der Waals surface area contributed by atoms with E-state index in [1.165, 1.54) is 6.07 Å². The SMILES string of the molecule is CCCNC(=O)NC(=O)COc1ccc2c(-c3ccccc3)cc(=O)oc2c1. The molecular weight excluding hydrogens is 360 g/mol. The van der Waals surface area contributed by atoms with Crippen LogP contribution in [0.3, 0.4) is 0 Å². The minimum Gasteiger partial charge on any atom is -0.484 e. The number of amides is 3. The topological polar surface area (TPSA) is 97.6 Å². The van der Waals surface area contributed by atoms with E-state index in [9.17, 15) is 14.4 Å². The van der Waals surface area contributed by atoms with Gasteiger partial charge in [-0.25, -0.2) is 9.59 Å². The normalized spacial score (nSPS) is 10.5. The van der Waals surface area contributed by atoms with Crippen molar-refractivity contribution >= 4 is 22.9 Å². The summed E-state index contributed by atoms with van der Waals surface area (Å²) in [5.41, 5.74) is 1.52. The monoisotopic (exact) mass is 380 g/mol. The molecular formula is C21H20N2O5. The molecule has 0 fully saturated rings. The molecule has 2 N–H and O–H groups in total.